The Balaban J connectivity index is 1.89. The van der Waals surface area contributed by atoms with Crippen molar-refractivity contribution < 1.29 is 18.3 Å². The summed E-state index contributed by atoms with van der Waals surface area (Å²) in [6, 6.07) is 12.4. The van der Waals surface area contributed by atoms with Crippen molar-refractivity contribution in [3.8, 4) is 0 Å². The molecule has 0 bridgehead atoms. The number of carboxylic acid groups (broad SMARTS) is 1. The molecule has 0 saturated carbocycles. The molecular formula is C46H76BrNO4S2. The highest BCUT2D eigenvalue weighted by atomic mass is 79.9. The van der Waals surface area contributed by atoms with Gasteiger partial charge in [-0.3, -0.25) is 0 Å². The van der Waals surface area contributed by atoms with Crippen molar-refractivity contribution in [3.63, 3.8) is 0 Å². The average Bonchev–Trinajstić information content (AvgIpc) is 3.16. The predicted octanol–water partition coefficient (Wildman–Crippen LogP) is 15.4. The number of aromatic carboxylic acids is 1. The number of hydrogen-bond donors (Lipinski definition) is 1. The Morgan fingerprint density at radius 1 is 0.593 bits per heavy atom. The largest absolute Gasteiger partial charge is 0.478 e. The van der Waals surface area contributed by atoms with Crippen molar-refractivity contribution in [3.05, 3.63) is 58.1 Å². The van der Waals surface area contributed by atoms with Crippen LogP contribution < -0.4 is 0 Å². The van der Waals surface area contributed by atoms with Crippen molar-refractivity contribution in [1.29, 1.82) is 0 Å². The van der Waals surface area contributed by atoms with Gasteiger partial charge in [0, 0.05) is 28.2 Å². The highest BCUT2D eigenvalue weighted by Gasteiger charge is 2.26. The monoisotopic (exact) mass is 849 g/mol. The average molecular weight is 851 g/mol. The zero-order valence-electron chi connectivity index (χ0n) is 34.3. The Hall–Kier alpha value is -1.35. The number of sulfonamides is 1. The molecule has 0 aliphatic carbocycles. The Labute approximate surface area is 344 Å². The van der Waals surface area contributed by atoms with Gasteiger partial charge in [-0.25, -0.2) is 13.2 Å². The third-order valence-electron chi connectivity index (χ3n) is 10.6. The van der Waals surface area contributed by atoms with Crippen LogP contribution in [-0.2, 0) is 15.8 Å². The van der Waals surface area contributed by atoms with E-state index < -0.39 is 16.0 Å². The highest BCUT2D eigenvalue weighted by molar-refractivity contribution is 9.10. The molecule has 0 unspecified atom stereocenters. The summed E-state index contributed by atoms with van der Waals surface area (Å²) in [5, 5.41) is 9.92. The van der Waals surface area contributed by atoms with Gasteiger partial charge in [0.1, 0.15) is 0 Å². The minimum absolute atomic E-state index is 0.138. The number of nitrogens with zero attached hydrogens (tertiary/aromatic N) is 1. The van der Waals surface area contributed by atoms with Crippen molar-refractivity contribution in [2.45, 2.75) is 209 Å². The third kappa shape index (κ3) is 22.4. The minimum atomic E-state index is -3.77. The Kier molecular flexibility index (Phi) is 28.6. The maximum Gasteiger partial charge on any atom is 0.336 e. The second-order valence-corrected chi connectivity index (χ2v) is 19.3. The van der Waals surface area contributed by atoms with Crippen LogP contribution in [0.5, 0.6) is 0 Å². The van der Waals surface area contributed by atoms with Gasteiger partial charge in [0.2, 0.25) is 10.0 Å². The molecule has 0 aromatic heterocycles. The van der Waals surface area contributed by atoms with E-state index in [1.54, 1.807) is 10.4 Å². The SMILES string of the molecule is CCCCCCCCCCCCCCCCN(CCCCCCCCCCCCCCCC)S(=O)(=O)c1ccc(C(=O)O)c(SCc2cccc(Br)c2)c1. The van der Waals surface area contributed by atoms with E-state index in [0.29, 0.717) is 23.7 Å². The number of halogens is 1. The summed E-state index contributed by atoms with van der Waals surface area (Å²) in [7, 11) is -3.77. The van der Waals surface area contributed by atoms with Crippen LogP contribution in [0.15, 0.2) is 56.7 Å². The Morgan fingerprint density at radius 2 is 1.00 bits per heavy atom. The summed E-state index contributed by atoms with van der Waals surface area (Å²) in [5.74, 6) is -0.497. The van der Waals surface area contributed by atoms with E-state index in [2.05, 4.69) is 29.8 Å². The number of rotatable bonds is 36. The second kappa shape index (κ2) is 31.7. The van der Waals surface area contributed by atoms with Gasteiger partial charge in [-0.2, -0.15) is 4.31 Å². The predicted molar refractivity (Wildman–Crippen MR) is 236 cm³/mol. The molecule has 2 aromatic carbocycles. The standard InChI is InChI=1S/C46H76BrNO4S2/c1-3-5-7-9-11-13-15-17-19-21-23-25-27-29-36-48(37-30-28-26-24-22-20-18-16-14-12-10-8-6-4-2)54(51,52)43-34-35-44(46(49)50)45(39-43)53-40-41-32-31-33-42(47)38-41/h31-35,38-39H,3-30,36-37,40H2,1-2H3,(H,49,50). The summed E-state index contributed by atoms with van der Waals surface area (Å²) >= 11 is 4.88. The zero-order chi connectivity index (χ0) is 39.1. The van der Waals surface area contributed by atoms with E-state index in [1.807, 2.05) is 24.3 Å². The molecule has 5 nitrogen and oxygen atoms in total. The van der Waals surface area contributed by atoms with Gasteiger partial charge in [0.15, 0.2) is 0 Å². The molecule has 54 heavy (non-hydrogen) atoms. The van der Waals surface area contributed by atoms with Gasteiger partial charge in [0.05, 0.1) is 10.5 Å². The summed E-state index contributed by atoms with van der Waals surface area (Å²) in [4.78, 5) is 12.8. The number of thioether (sulfide) groups is 1. The Bertz CT molecular complexity index is 1320. The van der Waals surface area contributed by atoms with E-state index in [-0.39, 0.29) is 10.5 Å². The van der Waals surface area contributed by atoms with Gasteiger partial charge in [-0.1, -0.05) is 209 Å². The smallest absolute Gasteiger partial charge is 0.336 e. The number of carbonyl (C=O) groups is 1. The van der Waals surface area contributed by atoms with Gasteiger partial charge in [-0.15, -0.1) is 11.8 Å². The van der Waals surface area contributed by atoms with Gasteiger partial charge < -0.3 is 5.11 Å². The lowest BCUT2D eigenvalue weighted by Gasteiger charge is -2.23. The molecule has 2 aromatic rings. The minimum Gasteiger partial charge on any atom is -0.478 e. The lowest BCUT2D eigenvalue weighted by molar-refractivity contribution is 0.0693. The van der Waals surface area contributed by atoms with Crippen molar-refractivity contribution in [2.24, 2.45) is 0 Å². The quantitative estimate of drug-likeness (QED) is 0.0546. The van der Waals surface area contributed by atoms with Crippen LogP contribution in [0.25, 0.3) is 0 Å². The molecule has 0 aliphatic heterocycles. The molecule has 0 heterocycles. The van der Waals surface area contributed by atoms with Crippen LogP contribution in [0, 0.1) is 0 Å². The second-order valence-electron chi connectivity index (χ2n) is 15.5. The van der Waals surface area contributed by atoms with Crippen LogP contribution in [0.2, 0.25) is 0 Å². The molecule has 0 atom stereocenters. The maximum absolute atomic E-state index is 14.2. The van der Waals surface area contributed by atoms with Gasteiger partial charge >= 0.3 is 5.97 Å². The first-order valence-corrected chi connectivity index (χ1v) is 25.3. The summed E-state index contributed by atoms with van der Waals surface area (Å²) in [6.07, 6.45) is 35.5. The van der Waals surface area contributed by atoms with Gasteiger partial charge in [-0.05, 0) is 48.7 Å². The summed E-state index contributed by atoms with van der Waals surface area (Å²) in [5.41, 5.74) is 1.18. The molecule has 2 rings (SSSR count). The fourth-order valence-corrected chi connectivity index (χ4v) is 10.3. The topological polar surface area (TPSA) is 74.7 Å². The van der Waals surface area contributed by atoms with E-state index in [4.69, 9.17) is 0 Å². The van der Waals surface area contributed by atoms with Crippen molar-refractivity contribution >= 4 is 43.7 Å². The lowest BCUT2D eigenvalue weighted by Crippen LogP contribution is -2.33. The number of unbranched alkanes of at least 4 members (excludes halogenated alkanes) is 26. The zero-order valence-corrected chi connectivity index (χ0v) is 37.5. The highest BCUT2D eigenvalue weighted by Crippen LogP contribution is 2.31. The van der Waals surface area contributed by atoms with Crippen LogP contribution in [-0.4, -0.2) is 36.9 Å². The first-order chi connectivity index (χ1) is 26.3. The van der Waals surface area contributed by atoms with E-state index in [0.717, 1.165) is 48.6 Å². The maximum atomic E-state index is 14.2. The van der Waals surface area contributed by atoms with E-state index in [1.165, 1.54) is 165 Å². The van der Waals surface area contributed by atoms with E-state index in [9.17, 15) is 18.3 Å². The van der Waals surface area contributed by atoms with Crippen molar-refractivity contribution in [1.82, 2.24) is 4.31 Å². The van der Waals surface area contributed by atoms with Gasteiger partial charge in [0.25, 0.3) is 0 Å². The molecular weight excluding hydrogens is 775 g/mol. The molecule has 0 saturated heterocycles. The number of carboxylic acids is 1. The summed E-state index contributed by atoms with van der Waals surface area (Å²) in [6.45, 7) is 5.57. The van der Waals surface area contributed by atoms with E-state index >= 15 is 0 Å². The van der Waals surface area contributed by atoms with Crippen LogP contribution >= 0.6 is 27.7 Å². The molecule has 1 N–H and O–H groups in total. The third-order valence-corrected chi connectivity index (χ3v) is 14.1. The molecule has 0 spiro atoms. The van der Waals surface area contributed by atoms with Crippen LogP contribution in [0.4, 0.5) is 0 Å². The molecule has 8 heteroatoms. The Morgan fingerprint density at radius 3 is 1.39 bits per heavy atom. The molecule has 0 radical (unpaired) electrons. The van der Waals surface area contributed by atoms with Crippen LogP contribution in [0.1, 0.15) is 210 Å². The fourth-order valence-electron chi connectivity index (χ4n) is 7.21. The number of benzene rings is 2. The molecule has 0 aliphatic rings. The van der Waals surface area contributed by atoms with Crippen molar-refractivity contribution in [2.75, 3.05) is 13.1 Å². The summed E-state index contributed by atoms with van der Waals surface area (Å²) < 4.78 is 31.0. The fraction of sp³-hybridized carbons (Fsp3) is 0.717. The lowest BCUT2D eigenvalue weighted by atomic mass is 10.0. The molecule has 0 amide bonds. The normalized spacial score (nSPS) is 11.9. The van der Waals surface area contributed by atoms with Crippen LogP contribution in [0.3, 0.4) is 0 Å². The molecule has 308 valence electrons. The first-order valence-electron chi connectivity index (χ1n) is 22.0. The molecule has 0 fully saturated rings. The number of hydrogen-bond acceptors (Lipinski definition) is 4. The first kappa shape index (κ1) is 48.8.